The lowest BCUT2D eigenvalue weighted by Gasteiger charge is -2.15. The zero-order chi connectivity index (χ0) is 12.5. The van der Waals surface area contributed by atoms with Crippen molar-refractivity contribution in [1.82, 2.24) is 4.98 Å². The summed E-state index contributed by atoms with van der Waals surface area (Å²) in [5, 5.41) is 22.9. The summed E-state index contributed by atoms with van der Waals surface area (Å²) in [6, 6.07) is 2.77. The summed E-state index contributed by atoms with van der Waals surface area (Å²) >= 11 is 0. The van der Waals surface area contributed by atoms with E-state index < -0.39 is 10.5 Å². The van der Waals surface area contributed by atoms with Gasteiger partial charge >= 0.3 is 5.69 Å². The Hall–Kier alpha value is -1.89. The quantitative estimate of drug-likeness (QED) is 0.586. The molecule has 0 spiro atoms. The Labute approximate surface area is 97.6 Å². The fraction of sp³-hybridized carbons (Fsp3) is 0.500. The Morgan fingerprint density at radius 1 is 1.65 bits per heavy atom. The Kier molecular flexibility index (Phi) is 2.84. The molecule has 0 aromatic carbocycles. The van der Waals surface area contributed by atoms with Crippen molar-refractivity contribution in [3.8, 4) is 5.88 Å². The summed E-state index contributed by atoms with van der Waals surface area (Å²) in [4.78, 5) is 14.3. The van der Waals surface area contributed by atoms with Gasteiger partial charge < -0.3 is 15.2 Å². The van der Waals surface area contributed by atoms with Gasteiger partial charge in [-0.15, -0.1) is 0 Å². The summed E-state index contributed by atoms with van der Waals surface area (Å²) in [6.07, 6.45) is 1.55. The van der Waals surface area contributed by atoms with Crippen molar-refractivity contribution in [2.24, 2.45) is 0 Å². The van der Waals surface area contributed by atoms with Crippen molar-refractivity contribution in [2.45, 2.75) is 18.4 Å². The molecular formula is C10H13N3O4. The maximum Gasteiger partial charge on any atom is 0.311 e. The van der Waals surface area contributed by atoms with Crippen molar-refractivity contribution in [2.75, 3.05) is 19.0 Å². The molecule has 0 amide bonds. The van der Waals surface area contributed by atoms with E-state index in [1.165, 1.54) is 19.2 Å². The van der Waals surface area contributed by atoms with Crippen LogP contribution in [-0.2, 0) is 0 Å². The monoisotopic (exact) mass is 239 g/mol. The highest BCUT2D eigenvalue weighted by Crippen LogP contribution is 2.40. The normalized spacial score (nSPS) is 16.4. The van der Waals surface area contributed by atoms with E-state index in [9.17, 15) is 15.2 Å². The van der Waals surface area contributed by atoms with E-state index in [-0.39, 0.29) is 18.1 Å². The molecule has 0 atom stereocenters. The highest BCUT2D eigenvalue weighted by atomic mass is 16.6. The van der Waals surface area contributed by atoms with Gasteiger partial charge in [0.15, 0.2) is 0 Å². The molecule has 0 radical (unpaired) electrons. The molecule has 0 aliphatic heterocycles. The van der Waals surface area contributed by atoms with E-state index in [0.717, 1.165) is 12.8 Å². The molecule has 1 aromatic rings. The van der Waals surface area contributed by atoms with Crippen LogP contribution in [0.3, 0.4) is 0 Å². The van der Waals surface area contributed by atoms with E-state index >= 15 is 0 Å². The van der Waals surface area contributed by atoms with Gasteiger partial charge in [-0.3, -0.25) is 10.1 Å². The number of aliphatic hydroxyl groups excluding tert-OH is 1. The number of nitro groups is 1. The summed E-state index contributed by atoms with van der Waals surface area (Å²) in [6.45, 7) is -0.0664. The van der Waals surface area contributed by atoms with E-state index in [4.69, 9.17) is 4.74 Å². The lowest BCUT2D eigenvalue weighted by Crippen LogP contribution is -2.26. The summed E-state index contributed by atoms with van der Waals surface area (Å²) in [5.74, 6) is 0.438. The molecule has 0 unspecified atom stereocenters. The zero-order valence-electron chi connectivity index (χ0n) is 9.34. The number of hydrogen-bond donors (Lipinski definition) is 2. The Balaban J connectivity index is 2.31. The molecule has 1 aliphatic carbocycles. The third-order valence-corrected chi connectivity index (χ3v) is 2.79. The fourth-order valence-corrected chi connectivity index (χ4v) is 1.51. The molecule has 92 valence electrons. The first-order valence-corrected chi connectivity index (χ1v) is 5.19. The van der Waals surface area contributed by atoms with Crippen molar-refractivity contribution >= 4 is 11.5 Å². The molecule has 1 aromatic heterocycles. The minimum Gasteiger partial charge on any atom is -0.481 e. The molecule has 7 nitrogen and oxygen atoms in total. The lowest BCUT2D eigenvalue weighted by atomic mass is 10.2. The van der Waals surface area contributed by atoms with Crippen molar-refractivity contribution in [3.05, 3.63) is 22.2 Å². The Morgan fingerprint density at radius 2 is 2.35 bits per heavy atom. The molecule has 2 rings (SSSR count). The molecule has 1 fully saturated rings. The van der Waals surface area contributed by atoms with Gasteiger partial charge in [0.2, 0.25) is 11.7 Å². The number of nitrogens with zero attached hydrogens (tertiary/aromatic N) is 2. The van der Waals surface area contributed by atoms with Crippen LogP contribution in [0.15, 0.2) is 12.1 Å². The molecular weight excluding hydrogens is 226 g/mol. The second-order valence-corrected chi connectivity index (χ2v) is 4.04. The van der Waals surface area contributed by atoms with Crippen molar-refractivity contribution < 1.29 is 14.8 Å². The first-order chi connectivity index (χ1) is 8.10. The number of hydrogen-bond acceptors (Lipinski definition) is 6. The number of nitrogens with one attached hydrogen (secondary N) is 1. The number of pyridine rings is 1. The van der Waals surface area contributed by atoms with Gasteiger partial charge in [-0.1, -0.05) is 0 Å². The van der Waals surface area contributed by atoms with Crippen LogP contribution in [0.1, 0.15) is 12.8 Å². The molecule has 2 N–H and O–H groups in total. The average molecular weight is 239 g/mol. The van der Waals surface area contributed by atoms with Crippen molar-refractivity contribution in [3.63, 3.8) is 0 Å². The third-order valence-electron chi connectivity index (χ3n) is 2.79. The van der Waals surface area contributed by atoms with E-state index in [1.54, 1.807) is 0 Å². The molecule has 0 saturated heterocycles. The van der Waals surface area contributed by atoms with Crippen LogP contribution in [0.25, 0.3) is 0 Å². The number of aromatic nitrogens is 1. The number of aliphatic hydroxyl groups is 1. The Morgan fingerprint density at radius 3 is 2.82 bits per heavy atom. The highest BCUT2D eigenvalue weighted by molar-refractivity contribution is 5.59. The minimum absolute atomic E-state index is 0.0664. The van der Waals surface area contributed by atoms with Gasteiger partial charge in [-0.2, -0.15) is 4.98 Å². The second kappa shape index (κ2) is 4.17. The minimum atomic E-state index is -0.512. The van der Waals surface area contributed by atoms with E-state index in [0.29, 0.717) is 5.88 Å². The Bertz CT molecular complexity index is 445. The fourth-order valence-electron chi connectivity index (χ4n) is 1.51. The predicted octanol–water partition coefficient (Wildman–Crippen LogP) is 0.935. The topological polar surface area (TPSA) is 97.5 Å². The zero-order valence-corrected chi connectivity index (χ0v) is 9.34. The molecule has 1 saturated carbocycles. The largest absolute Gasteiger partial charge is 0.481 e. The molecule has 17 heavy (non-hydrogen) atoms. The van der Waals surface area contributed by atoms with E-state index in [2.05, 4.69) is 10.3 Å². The smallest absolute Gasteiger partial charge is 0.311 e. The number of ether oxygens (including phenoxy) is 1. The van der Waals surface area contributed by atoms with Gasteiger partial charge in [-0.25, -0.2) is 0 Å². The first kappa shape index (κ1) is 11.6. The summed E-state index contributed by atoms with van der Waals surface area (Å²) in [5.41, 5.74) is -0.574. The molecule has 7 heteroatoms. The number of anilines is 1. The van der Waals surface area contributed by atoms with Crippen LogP contribution in [0, 0.1) is 10.1 Å². The van der Waals surface area contributed by atoms with Gasteiger partial charge in [0.1, 0.15) is 0 Å². The van der Waals surface area contributed by atoms with Crippen LogP contribution < -0.4 is 10.1 Å². The molecule has 1 heterocycles. The van der Waals surface area contributed by atoms with Crippen LogP contribution in [-0.4, -0.2) is 34.3 Å². The highest BCUT2D eigenvalue weighted by Gasteiger charge is 2.43. The summed E-state index contributed by atoms with van der Waals surface area (Å²) < 4.78 is 4.92. The van der Waals surface area contributed by atoms with Crippen LogP contribution in [0.4, 0.5) is 11.5 Å². The third kappa shape index (κ3) is 2.28. The standard InChI is InChI=1S/C10H13N3O4/c1-17-8-3-2-7(13(15)16)9(11-8)12-10(6-14)4-5-10/h2-3,14H,4-6H2,1H3,(H,11,12). The lowest BCUT2D eigenvalue weighted by molar-refractivity contribution is -0.384. The predicted molar refractivity (Wildman–Crippen MR) is 60.1 cm³/mol. The summed E-state index contributed by atoms with van der Waals surface area (Å²) in [7, 11) is 1.44. The van der Waals surface area contributed by atoms with Crippen LogP contribution in [0.5, 0.6) is 5.88 Å². The van der Waals surface area contributed by atoms with Gasteiger partial charge in [0, 0.05) is 12.1 Å². The van der Waals surface area contributed by atoms with Crippen molar-refractivity contribution in [1.29, 1.82) is 0 Å². The second-order valence-electron chi connectivity index (χ2n) is 4.04. The van der Waals surface area contributed by atoms with Gasteiger partial charge in [-0.05, 0) is 12.8 Å². The van der Waals surface area contributed by atoms with Gasteiger partial charge in [0.25, 0.3) is 0 Å². The maximum atomic E-state index is 10.8. The van der Waals surface area contributed by atoms with Crippen LogP contribution >= 0.6 is 0 Å². The van der Waals surface area contributed by atoms with Crippen LogP contribution in [0.2, 0.25) is 0 Å². The van der Waals surface area contributed by atoms with E-state index in [1.807, 2.05) is 0 Å². The SMILES string of the molecule is COc1ccc([N+](=O)[O-])c(NC2(CO)CC2)n1. The first-order valence-electron chi connectivity index (χ1n) is 5.19. The number of rotatable bonds is 5. The molecule has 0 bridgehead atoms. The maximum absolute atomic E-state index is 10.8. The van der Waals surface area contributed by atoms with Gasteiger partial charge in [0.05, 0.1) is 24.2 Å². The number of methoxy groups -OCH3 is 1. The molecule has 1 aliphatic rings. The average Bonchev–Trinajstić information content (AvgIpc) is 3.09.